The summed E-state index contributed by atoms with van der Waals surface area (Å²) in [4.78, 5) is 12.5. The topological polar surface area (TPSA) is 65.2 Å². The Morgan fingerprint density at radius 3 is 2.32 bits per heavy atom. The summed E-state index contributed by atoms with van der Waals surface area (Å²) in [6.45, 7) is 0.797. The molecule has 5 nitrogen and oxygen atoms in total. The van der Waals surface area contributed by atoms with Gasteiger partial charge in [-0.25, -0.2) is 9.82 Å². The van der Waals surface area contributed by atoms with E-state index in [1.54, 1.807) is 0 Å². The molecule has 3 aromatic rings. The van der Waals surface area contributed by atoms with Crippen molar-refractivity contribution in [3.8, 4) is 0 Å². The summed E-state index contributed by atoms with van der Waals surface area (Å²) in [5.41, 5.74) is 9.55. The number of nitrogens with one attached hydrogen (secondary N) is 4. The zero-order valence-corrected chi connectivity index (χ0v) is 15.2. The first-order chi connectivity index (χ1) is 13.7. The minimum absolute atomic E-state index is 0.0359. The summed E-state index contributed by atoms with van der Waals surface area (Å²) in [6.07, 6.45) is -0.0359. The van der Waals surface area contributed by atoms with Gasteiger partial charge in [0.05, 0.1) is 17.5 Å². The number of rotatable bonds is 5. The molecule has 0 radical (unpaired) electrons. The van der Waals surface area contributed by atoms with Gasteiger partial charge in [0.2, 0.25) is 0 Å². The van der Waals surface area contributed by atoms with Crippen molar-refractivity contribution in [2.24, 2.45) is 0 Å². The van der Waals surface area contributed by atoms with E-state index < -0.39 is 0 Å². The Hall–Kier alpha value is -3.22. The van der Waals surface area contributed by atoms with Crippen LogP contribution in [0, 0.1) is 5.82 Å². The number of anilines is 2. The minimum atomic E-state index is -0.370. The lowest BCUT2D eigenvalue weighted by Gasteiger charge is -2.23. The number of benzene rings is 3. The van der Waals surface area contributed by atoms with Gasteiger partial charge in [0.15, 0.2) is 0 Å². The largest absolute Gasteiger partial charge is 0.367 e. The van der Waals surface area contributed by atoms with E-state index in [0.717, 1.165) is 12.2 Å². The van der Waals surface area contributed by atoms with Crippen LogP contribution in [-0.2, 0) is 0 Å². The van der Waals surface area contributed by atoms with Crippen LogP contribution in [0.25, 0.3) is 0 Å². The van der Waals surface area contributed by atoms with Crippen LogP contribution in [0.5, 0.6) is 0 Å². The van der Waals surface area contributed by atoms with Gasteiger partial charge in [0.1, 0.15) is 5.82 Å². The van der Waals surface area contributed by atoms with E-state index >= 15 is 0 Å². The molecule has 4 rings (SSSR count). The molecule has 1 amide bonds. The maximum Gasteiger partial charge on any atom is 0.255 e. The molecule has 0 spiro atoms. The van der Waals surface area contributed by atoms with Crippen LogP contribution in [0.15, 0.2) is 78.9 Å². The van der Waals surface area contributed by atoms with E-state index in [9.17, 15) is 9.18 Å². The van der Waals surface area contributed by atoms with E-state index in [4.69, 9.17) is 0 Å². The van der Waals surface area contributed by atoms with E-state index in [0.29, 0.717) is 11.3 Å². The van der Waals surface area contributed by atoms with Gasteiger partial charge in [-0.05, 0) is 42.0 Å². The Morgan fingerprint density at radius 1 is 0.893 bits per heavy atom. The number of hydrogen-bond donors (Lipinski definition) is 4. The highest BCUT2D eigenvalue weighted by Crippen LogP contribution is 2.27. The minimum Gasteiger partial charge on any atom is -0.367 e. The molecule has 3 aromatic carbocycles. The van der Waals surface area contributed by atoms with Crippen LogP contribution < -0.4 is 21.5 Å². The third kappa shape index (κ3) is 4.03. The average molecular weight is 376 g/mol. The highest BCUT2D eigenvalue weighted by molar-refractivity contribution is 6.05. The molecule has 1 saturated heterocycles. The first-order valence-electron chi connectivity index (χ1n) is 9.16. The molecule has 0 aromatic heterocycles. The lowest BCUT2D eigenvalue weighted by molar-refractivity contribution is 0.102. The summed E-state index contributed by atoms with van der Waals surface area (Å²) in [5.74, 6) is -0.418. The molecule has 1 heterocycles. The van der Waals surface area contributed by atoms with Crippen LogP contribution in [0.1, 0.15) is 21.8 Å². The van der Waals surface area contributed by atoms with Gasteiger partial charge in [0.25, 0.3) is 5.91 Å². The monoisotopic (exact) mass is 376 g/mol. The molecule has 4 N–H and O–H groups in total. The normalized spacial score (nSPS) is 18.6. The highest BCUT2D eigenvalue weighted by Gasteiger charge is 2.28. The molecule has 142 valence electrons. The number of hydrazine groups is 1. The van der Waals surface area contributed by atoms with Crippen molar-refractivity contribution in [1.29, 1.82) is 0 Å². The summed E-state index contributed by atoms with van der Waals surface area (Å²) >= 11 is 0. The van der Waals surface area contributed by atoms with Crippen molar-refractivity contribution in [3.05, 3.63) is 95.8 Å². The molecule has 28 heavy (non-hydrogen) atoms. The molecule has 1 aliphatic rings. The second-order valence-corrected chi connectivity index (χ2v) is 6.67. The zero-order chi connectivity index (χ0) is 19.3. The maximum atomic E-state index is 13.1. The van der Waals surface area contributed by atoms with Crippen molar-refractivity contribution < 1.29 is 9.18 Å². The molecule has 1 fully saturated rings. The second kappa shape index (κ2) is 8.21. The molecule has 0 aliphatic carbocycles. The predicted molar refractivity (Wildman–Crippen MR) is 109 cm³/mol. The molecule has 1 aliphatic heterocycles. The molecular weight excluding hydrogens is 355 g/mol. The number of amides is 1. The van der Waals surface area contributed by atoms with Crippen LogP contribution >= 0.6 is 0 Å². The van der Waals surface area contributed by atoms with Crippen LogP contribution in [0.2, 0.25) is 0 Å². The van der Waals surface area contributed by atoms with Gasteiger partial charge in [-0.2, -0.15) is 0 Å². The lowest BCUT2D eigenvalue weighted by atomic mass is 9.97. The Bertz CT molecular complexity index is 946. The number of halogens is 1. The number of carbonyl (C=O) groups is 1. The average Bonchev–Trinajstić information content (AvgIpc) is 3.19. The summed E-state index contributed by atoms with van der Waals surface area (Å²) < 4.78 is 13.1. The third-order valence-corrected chi connectivity index (χ3v) is 4.80. The highest BCUT2D eigenvalue weighted by atomic mass is 19.1. The maximum absolute atomic E-state index is 13.1. The zero-order valence-electron chi connectivity index (χ0n) is 15.2. The second-order valence-electron chi connectivity index (χ2n) is 6.67. The summed E-state index contributed by atoms with van der Waals surface area (Å²) in [5, 5.41) is 6.38. The van der Waals surface area contributed by atoms with Gasteiger partial charge in [-0.3, -0.25) is 10.2 Å². The van der Waals surface area contributed by atoms with E-state index in [-0.39, 0.29) is 23.8 Å². The summed E-state index contributed by atoms with van der Waals surface area (Å²) in [6, 6.07) is 23.3. The van der Waals surface area contributed by atoms with E-state index in [1.807, 2.05) is 42.5 Å². The fourth-order valence-corrected chi connectivity index (χ4v) is 3.33. The van der Waals surface area contributed by atoms with E-state index in [2.05, 4.69) is 33.6 Å². The van der Waals surface area contributed by atoms with Crippen molar-refractivity contribution in [2.45, 2.75) is 12.1 Å². The van der Waals surface area contributed by atoms with Gasteiger partial charge >= 0.3 is 0 Å². The number of hydrogen-bond acceptors (Lipinski definition) is 4. The Kier molecular flexibility index (Phi) is 5.32. The number of para-hydroxylation sites is 2. The quantitative estimate of drug-likeness (QED) is 0.548. The molecule has 6 heteroatoms. The fourth-order valence-electron chi connectivity index (χ4n) is 3.33. The summed E-state index contributed by atoms with van der Waals surface area (Å²) in [7, 11) is 0. The number of carbonyl (C=O) groups excluding carboxylic acids is 1. The lowest BCUT2D eigenvalue weighted by Crippen LogP contribution is -2.37. The van der Waals surface area contributed by atoms with Crippen LogP contribution in [-0.4, -0.2) is 18.6 Å². The van der Waals surface area contributed by atoms with Gasteiger partial charge in [0, 0.05) is 18.0 Å². The molecule has 2 atom stereocenters. The van der Waals surface area contributed by atoms with Crippen molar-refractivity contribution >= 4 is 17.3 Å². The van der Waals surface area contributed by atoms with Gasteiger partial charge in [-0.15, -0.1) is 0 Å². The molecule has 2 unspecified atom stereocenters. The van der Waals surface area contributed by atoms with Gasteiger partial charge < -0.3 is 10.6 Å². The van der Waals surface area contributed by atoms with E-state index in [1.165, 1.54) is 29.8 Å². The molecular formula is C22H21FN4O. The first-order valence-corrected chi connectivity index (χ1v) is 9.16. The van der Waals surface area contributed by atoms with Crippen LogP contribution in [0.4, 0.5) is 15.8 Å². The molecule has 0 saturated carbocycles. The first kappa shape index (κ1) is 18.2. The smallest absolute Gasteiger partial charge is 0.255 e. The standard InChI is InChI=1S/C22H21FN4O/c23-17-12-10-16(11-13-17)22(28)26-20-9-5-4-8-19(20)25-21-18(14-24-27-21)15-6-2-1-3-7-15/h1-13,18,21,24-25,27H,14H2,(H,26,28). The van der Waals surface area contributed by atoms with Crippen LogP contribution in [0.3, 0.4) is 0 Å². The Morgan fingerprint density at radius 2 is 1.57 bits per heavy atom. The Labute approximate surface area is 162 Å². The van der Waals surface area contributed by atoms with Crippen molar-refractivity contribution in [2.75, 3.05) is 17.2 Å². The van der Waals surface area contributed by atoms with Crippen molar-refractivity contribution in [3.63, 3.8) is 0 Å². The van der Waals surface area contributed by atoms with Gasteiger partial charge in [-0.1, -0.05) is 42.5 Å². The fraction of sp³-hybridized carbons (Fsp3) is 0.136. The third-order valence-electron chi connectivity index (χ3n) is 4.80. The predicted octanol–water partition coefficient (Wildman–Crippen LogP) is 3.71. The Balaban J connectivity index is 1.51. The molecule has 0 bridgehead atoms. The van der Waals surface area contributed by atoms with Crippen molar-refractivity contribution in [1.82, 2.24) is 10.9 Å². The SMILES string of the molecule is O=C(Nc1ccccc1NC1NNCC1c1ccccc1)c1ccc(F)cc1.